The average molecular weight is 348 g/mol. The largest absolute Gasteiger partial charge is 0.313 e. The van der Waals surface area contributed by atoms with E-state index < -0.39 is 10.0 Å². The first-order valence-corrected chi connectivity index (χ1v) is 9.29. The number of nitrogens with one attached hydrogen (secondary N) is 1. The topological polar surface area (TPSA) is 62.3 Å². The van der Waals surface area contributed by atoms with Crippen molar-refractivity contribution in [2.24, 2.45) is 5.92 Å². The molecule has 0 aromatic carbocycles. The van der Waals surface area contributed by atoms with E-state index in [-0.39, 0.29) is 30.1 Å². The third kappa shape index (κ3) is 4.65. The minimum Gasteiger partial charge on any atom is -0.313 e. The van der Waals surface area contributed by atoms with Gasteiger partial charge in [-0.05, 0) is 17.5 Å². The molecule has 0 radical (unpaired) electrons. The first-order chi connectivity index (χ1) is 10.1. The highest BCUT2D eigenvalue weighted by atomic mass is 35.5. The Hall–Kier alpha value is -0.690. The number of piperazine rings is 1. The second-order valence-electron chi connectivity index (χ2n) is 5.58. The molecule has 126 valence electrons. The van der Waals surface area contributed by atoms with Crippen LogP contribution in [0.5, 0.6) is 0 Å². The first-order valence-electron chi connectivity index (χ1n) is 7.68. The minimum atomic E-state index is -3.24. The van der Waals surface area contributed by atoms with E-state index in [0.717, 1.165) is 18.4 Å². The zero-order valence-electron chi connectivity index (χ0n) is 13.2. The van der Waals surface area contributed by atoms with Gasteiger partial charge in [0.2, 0.25) is 10.0 Å². The SMILES string of the molecule is CCC(CC)CS(=O)(=O)N1CCNCC1c1cccnc1.Cl. The number of nitrogens with zero attached hydrogens (tertiary/aromatic N) is 2. The lowest BCUT2D eigenvalue weighted by atomic mass is 10.1. The maximum atomic E-state index is 12.8. The van der Waals surface area contributed by atoms with Gasteiger partial charge in [0, 0.05) is 32.0 Å². The molecule has 1 aliphatic heterocycles. The Morgan fingerprint density at radius 3 is 2.73 bits per heavy atom. The molecule has 1 fully saturated rings. The van der Waals surface area contributed by atoms with Gasteiger partial charge >= 0.3 is 0 Å². The van der Waals surface area contributed by atoms with Gasteiger partial charge in [0.25, 0.3) is 0 Å². The number of hydrogen-bond acceptors (Lipinski definition) is 4. The van der Waals surface area contributed by atoms with Crippen molar-refractivity contribution in [3.63, 3.8) is 0 Å². The predicted molar refractivity (Wildman–Crippen MR) is 91.7 cm³/mol. The molecule has 1 N–H and O–H groups in total. The highest BCUT2D eigenvalue weighted by Crippen LogP contribution is 2.26. The first kappa shape index (κ1) is 19.4. The maximum Gasteiger partial charge on any atom is 0.215 e. The molecule has 1 atom stereocenters. The Kier molecular flexibility index (Phi) is 7.76. The molecule has 0 amide bonds. The smallest absolute Gasteiger partial charge is 0.215 e. The molecule has 1 saturated heterocycles. The fraction of sp³-hybridized carbons (Fsp3) is 0.667. The number of pyridine rings is 1. The highest BCUT2D eigenvalue weighted by Gasteiger charge is 2.34. The maximum absolute atomic E-state index is 12.8. The van der Waals surface area contributed by atoms with Gasteiger partial charge in [0.1, 0.15) is 0 Å². The van der Waals surface area contributed by atoms with Crippen LogP contribution in [0.4, 0.5) is 0 Å². The highest BCUT2D eigenvalue weighted by molar-refractivity contribution is 7.89. The van der Waals surface area contributed by atoms with E-state index in [1.807, 2.05) is 12.1 Å². The summed E-state index contributed by atoms with van der Waals surface area (Å²) in [7, 11) is -3.24. The van der Waals surface area contributed by atoms with Crippen LogP contribution < -0.4 is 5.32 Å². The van der Waals surface area contributed by atoms with Gasteiger partial charge in [0.15, 0.2) is 0 Å². The molecule has 2 rings (SSSR count). The van der Waals surface area contributed by atoms with Crippen molar-refractivity contribution in [2.45, 2.75) is 32.7 Å². The second kappa shape index (κ2) is 8.82. The van der Waals surface area contributed by atoms with Gasteiger partial charge in [-0.15, -0.1) is 12.4 Å². The quantitative estimate of drug-likeness (QED) is 0.857. The van der Waals surface area contributed by atoms with E-state index in [2.05, 4.69) is 24.1 Å². The molecule has 0 aliphatic carbocycles. The summed E-state index contributed by atoms with van der Waals surface area (Å²) < 4.78 is 27.2. The third-order valence-electron chi connectivity index (χ3n) is 4.22. The summed E-state index contributed by atoms with van der Waals surface area (Å²) in [5.74, 6) is 0.482. The normalized spacial score (nSPS) is 19.9. The number of hydrogen-bond donors (Lipinski definition) is 1. The van der Waals surface area contributed by atoms with Crippen LogP contribution in [0.3, 0.4) is 0 Å². The zero-order chi connectivity index (χ0) is 15.3. The Bertz CT molecular complexity index is 535. The molecule has 5 nitrogen and oxygen atoms in total. The summed E-state index contributed by atoms with van der Waals surface area (Å²) in [6, 6.07) is 3.66. The molecular formula is C15H26ClN3O2S. The number of rotatable bonds is 6. The van der Waals surface area contributed by atoms with Crippen LogP contribution in [-0.2, 0) is 10.0 Å². The second-order valence-corrected chi connectivity index (χ2v) is 7.54. The molecule has 7 heteroatoms. The van der Waals surface area contributed by atoms with Crippen LogP contribution in [0.25, 0.3) is 0 Å². The van der Waals surface area contributed by atoms with Crippen molar-refractivity contribution < 1.29 is 8.42 Å². The lowest BCUT2D eigenvalue weighted by Crippen LogP contribution is -2.49. The van der Waals surface area contributed by atoms with E-state index in [1.165, 1.54) is 0 Å². The van der Waals surface area contributed by atoms with Gasteiger partial charge in [-0.25, -0.2) is 8.42 Å². The van der Waals surface area contributed by atoms with Crippen LogP contribution in [-0.4, -0.2) is 43.1 Å². The molecular weight excluding hydrogens is 322 g/mol. The third-order valence-corrected chi connectivity index (χ3v) is 6.27. The van der Waals surface area contributed by atoms with E-state index in [4.69, 9.17) is 0 Å². The van der Waals surface area contributed by atoms with Crippen LogP contribution in [0.1, 0.15) is 38.3 Å². The van der Waals surface area contributed by atoms with Gasteiger partial charge in [0.05, 0.1) is 11.8 Å². The van der Waals surface area contributed by atoms with Crippen molar-refractivity contribution in [3.05, 3.63) is 30.1 Å². The summed E-state index contributed by atoms with van der Waals surface area (Å²) in [5.41, 5.74) is 0.956. The van der Waals surface area contributed by atoms with Crippen molar-refractivity contribution >= 4 is 22.4 Å². The van der Waals surface area contributed by atoms with Crippen molar-refractivity contribution in [1.82, 2.24) is 14.6 Å². The lowest BCUT2D eigenvalue weighted by molar-refractivity contribution is 0.269. The predicted octanol–water partition coefficient (Wildman–Crippen LogP) is 2.22. The molecule has 1 aliphatic rings. The van der Waals surface area contributed by atoms with E-state index >= 15 is 0 Å². The Morgan fingerprint density at radius 1 is 1.41 bits per heavy atom. The molecule has 1 aromatic heterocycles. The van der Waals surface area contributed by atoms with Crippen molar-refractivity contribution in [1.29, 1.82) is 0 Å². The van der Waals surface area contributed by atoms with Gasteiger partial charge in [-0.2, -0.15) is 4.31 Å². The summed E-state index contributed by atoms with van der Waals surface area (Å²) in [4.78, 5) is 4.12. The van der Waals surface area contributed by atoms with Crippen molar-refractivity contribution in [3.8, 4) is 0 Å². The van der Waals surface area contributed by atoms with Gasteiger partial charge in [-0.3, -0.25) is 4.98 Å². The molecule has 1 unspecified atom stereocenters. The fourth-order valence-corrected chi connectivity index (χ4v) is 5.01. The standard InChI is InChI=1S/C15H25N3O2S.ClH/c1-3-13(4-2)12-21(19,20)18-9-8-17-11-15(18)14-6-5-7-16-10-14;/h5-7,10,13,15,17H,3-4,8-9,11-12H2,1-2H3;1H. The summed E-state index contributed by atoms with van der Waals surface area (Å²) in [6.07, 6.45) is 5.28. The van der Waals surface area contributed by atoms with Gasteiger partial charge in [-0.1, -0.05) is 32.8 Å². The summed E-state index contributed by atoms with van der Waals surface area (Å²) in [6.45, 7) is 5.99. The van der Waals surface area contributed by atoms with Crippen LogP contribution in [0, 0.1) is 5.92 Å². The molecule has 0 spiro atoms. The average Bonchev–Trinajstić information content (AvgIpc) is 2.53. The van der Waals surface area contributed by atoms with Gasteiger partial charge < -0.3 is 5.32 Å². The number of sulfonamides is 1. The van der Waals surface area contributed by atoms with E-state index in [1.54, 1.807) is 16.7 Å². The van der Waals surface area contributed by atoms with Crippen molar-refractivity contribution in [2.75, 3.05) is 25.4 Å². The minimum absolute atomic E-state index is 0. The monoisotopic (exact) mass is 347 g/mol. The molecule has 22 heavy (non-hydrogen) atoms. The Labute approximate surface area is 140 Å². The summed E-state index contributed by atoms with van der Waals surface area (Å²) >= 11 is 0. The summed E-state index contributed by atoms with van der Waals surface area (Å²) in [5, 5.41) is 3.28. The Morgan fingerprint density at radius 2 is 2.14 bits per heavy atom. The van der Waals surface area contributed by atoms with E-state index in [9.17, 15) is 8.42 Å². The Balaban J connectivity index is 0.00000242. The van der Waals surface area contributed by atoms with Crippen LogP contribution in [0.2, 0.25) is 0 Å². The lowest BCUT2D eigenvalue weighted by Gasteiger charge is -2.36. The van der Waals surface area contributed by atoms with E-state index in [0.29, 0.717) is 19.6 Å². The number of aromatic nitrogens is 1. The molecule has 0 bridgehead atoms. The van der Waals surface area contributed by atoms with Crippen LogP contribution >= 0.6 is 12.4 Å². The molecule has 0 saturated carbocycles. The fourth-order valence-electron chi connectivity index (χ4n) is 2.79. The zero-order valence-corrected chi connectivity index (χ0v) is 14.9. The molecule has 2 heterocycles. The number of halogens is 1. The molecule has 1 aromatic rings. The van der Waals surface area contributed by atoms with Crippen LogP contribution in [0.15, 0.2) is 24.5 Å².